The van der Waals surface area contributed by atoms with E-state index in [1.807, 2.05) is 13.8 Å². The maximum atomic E-state index is 12.8. The second-order valence-electron chi connectivity index (χ2n) is 16.7. The van der Waals surface area contributed by atoms with Gasteiger partial charge in [-0.1, -0.05) is 13.2 Å². The second kappa shape index (κ2) is 31.9. The van der Waals surface area contributed by atoms with E-state index in [1.54, 1.807) is 75.6 Å². The quantitative estimate of drug-likeness (QED) is 0.0235. The first-order chi connectivity index (χ1) is 35.6. The van der Waals surface area contributed by atoms with Gasteiger partial charge in [0.05, 0.1) is 6.61 Å². The molecule has 0 aliphatic heterocycles. The molecule has 4 aromatic carbocycles. The number of methoxy groups -OCH3 is 1. The van der Waals surface area contributed by atoms with Crippen molar-refractivity contribution >= 4 is 89.1 Å². The number of ether oxygens (including phenoxy) is 5. The van der Waals surface area contributed by atoms with E-state index in [9.17, 15) is 38.4 Å². The average Bonchev–Trinajstić information content (AvgIpc) is 3.37. The molecule has 0 spiro atoms. The van der Waals surface area contributed by atoms with Crippen LogP contribution in [0.1, 0.15) is 88.9 Å². The van der Waals surface area contributed by atoms with E-state index in [0.29, 0.717) is 43.5 Å². The summed E-state index contributed by atoms with van der Waals surface area (Å²) in [6.07, 6.45) is 1.23. The van der Waals surface area contributed by atoms with E-state index in [-0.39, 0.29) is 44.9 Å². The van der Waals surface area contributed by atoms with Crippen LogP contribution in [0.25, 0.3) is 0 Å². The van der Waals surface area contributed by atoms with Crippen LogP contribution < -0.4 is 14.2 Å². The SMILES string of the molecule is C=C(C)C(=O)OCCCC(C)(C)OC(=O)C(=C)C.C=C(C)C(=O)OI(OC(=O)C(=C)C)c1ccc(OC)cc1.C=C(C)C(=O)Oc1ccc(C(=O)OI(OC(=O)c2ccc(OC(=O)C(=C)C)cc2)c2ccccc2)cc1. The van der Waals surface area contributed by atoms with E-state index in [0.717, 1.165) is 0 Å². The molecule has 0 unspecified atom stereocenters. The molecule has 0 aliphatic rings. The topological polar surface area (TPSA) is 220 Å². The summed E-state index contributed by atoms with van der Waals surface area (Å²) >= 11 is -6.18. The number of rotatable bonds is 22. The van der Waals surface area contributed by atoms with Gasteiger partial charge in [0.2, 0.25) is 0 Å². The molecule has 0 N–H and O–H groups in total. The van der Waals surface area contributed by atoms with Gasteiger partial charge >= 0.3 is 366 Å². The van der Waals surface area contributed by atoms with E-state index >= 15 is 0 Å². The van der Waals surface area contributed by atoms with E-state index in [1.165, 1.54) is 76.2 Å². The van der Waals surface area contributed by atoms with Gasteiger partial charge < -0.3 is 9.47 Å². The Morgan fingerprint density at radius 3 is 1.16 bits per heavy atom. The van der Waals surface area contributed by atoms with Crippen molar-refractivity contribution in [1.82, 2.24) is 0 Å². The van der Waals surface area contributed by atoms with E-state index < -0.39 is 94.7 Å². The van der Waals surface area contributed by atoms with E-state index in [4.69, 9.17) is 35.9 Å². The average molecular weight is 1270 g/mol. The predicted octanol–water partition coefficient (Wildman–Crippen LogP) is 12.1. The molecule has 17 nitrogen and oxygen atoms in total. The van der Waals surface area contributed by atoms with Crippen LogP contribution in [-0.4, -0.2) is 67.1 Å². The van der Waals surface area contributed by atoms with Crippen molar-refractivity contribution in [3.8, 4) is 17.2 Å². The van der Waals surface area contributed by atoms with Crippen molar-refractivity contribution in [2.45, 2.75) is 73.8 Å². The Labute approximate surface area is 459 Å². The summed E-state index contributed by atoms with van der Waals surface area (Å²) in [5, 5.41) is 0. The molecule has 0 aromatic heterocycles. The molecular weight excluding hydrogens is 1210 g/mol. The van der Waals surface area contributed by atoms with Crippen LogP contribution in [-0.2, 0) is 50.5 Å². The summed E-state index contributed by atoms with van der Waals surface area (Å²) in [4.78, 5) is 94.9. The zero-order valence-corrected chi connectivity index (χ0v) is 48.2. The normalized spacial score (nSPS) is 10.5. The Bertz CT molecular complexity index is 2680. The molecule has 406 valence electrons. The number of esters is 4. The molecule has 4 aromatic rings. The molecular formula is C57H62I2O17. The Balaban J connectivity index is 0.000000430. The molecule has 0 fully saturated rings. The summed E-state index contributed by atoms with van der Waals surface area (Å²) in [5.74, 6) is -3.36. The molecule has 0 bridgehead atoms. The van der Waals surface area contributed by atoms with Gasteiger partial charge in [-0.2, -0.15) is 0 Å². The van der Waals surface area contributed by atoms with Crippen LogP contribution in [0.2, 0.25) is 0 Å². The van der Waals surface area contributed by atoms with Crippen LogP contribution in [0.3, 0.4) is 0 Å². The molecule has 0 heterocycles. The van der Waals surface area contributed by atoms with Crippen molar-refractivity contribution in [3.63, 3.8) is 0 Å². The van der Waals surface area contributed by atoms with Crippen LogP contribution in [0.4, 0.5) is 0 Å². The molecule has 0 amide bonds. The van der Waals surface area contributed by atoms with Gasteiger partial charge in [-0.25, -0.2) is 9.59 Å². The van der Waals surface area contributed by atoms with Crippen LogP contribution >= 0.6 is 41.3 Å². The molecule has 19 heteroatoms. The number of hydrogen-bond acceptors (Lipinski definition) is 17. The Hall–Kier alpha value is -7.66. The van der Waals surface area contributed by atoms with Crippen LogP contribution in [0.15, 0.2) is 176 Å². The van der Waals surface area contributed by atoms with Gasteiger partial charge in [-0.3, -0.25) is 0 Å². The van der Waals surface area contributed by atoms with Crippen molar-refractivity contribution in [3.05, 3.63) is 194 Å². The molecule has 0 saturated heterocycles. The van der Waals surface area contributed by atoms with Crippen molar-refractivity contribution in [2.75, 3.05) is 13.7 Å². The van der Waals surface area contributed by atoms with Gasteiger partial charge in [0.1, 0.15) is 5.60 Å². The fraction of sp³-hybridized carbons (Fsp3) is 0.228. The third-order valence-electron chi connectivity index (χ3n) is 8.92. The molecule has 76 heavy (non-hydrogen) atoms. The standard InChI is InChI=1S/C28H23IO8.C15H17IO5.C14H22O4/c1-18(2)25(30)34-23-14-10-20(11-15-23)27(32)36-29(22-8-6-5-7-9-22)37-28(33)21-12-16-24(17-13-21)35-26(31)19(3)4;1-10(2)14(17)20-16(21-15(18)11(3)4)12-6-8-13(19-5)9-7-12;1-10(2)12(15)17-9-7-8-14(5,6)18-13(16)11(3)4/h5-17H,1,3H2,2,4H3;6-9H,1,3H2,2,4-5H3;1,3,7-9H2,2,4-6H3. The summed E-state index contributed by atoms with van der Waals surface area (Å²) in [5.41, 5.74) is 1.51. The van der Waals surface area contributed by atoms with Crippen molar-refractivity contribution in [1.29, 1.82) is 0 Å². The molecule has 0 aliphatic carbocycles. The minimum absolute atomic E-state index is 0.188. The first kappa shape index (κ1) is 64.5. The molecule has 0 atom stereocenters. The monoisotopic (exact) mass is 1270 g/mol. The van der Waals surface area contributed by atoms with Crippen LogP contribution in [0.5, 0.6) is 17.2 Å². The molecule has 0 radical (unpaired) electrons. The van der Waals surface area contributed by atoms with E-state index in [2.05, 4.69) is 39.5 Å². The minimum atomic E-state index is -3.26. The first-order valence-electron chi connectivity index (χ1n) is 22.6. The third-order valence-corrected chi connectivity index (χ3v) is 15.6. The van der Waals surface area contributed by atoms with Crippen LogP contribution in [0, 0.1) is 7.14 Å². The molecule has 4 rings (SSSR count). The van der Waals surface area contributed by atoms with Gasteiger partial charge in [0.25, 0.3) is 0 Å². The molecule has 0 saturated carbocycles. The van der Waals surface area contributed by atoms with Gasteiger partial charge in [-0.05, 0) is 40.5 Å². The summed E-state index contributed by atoms with van der Waals surface area (Å²) in [7, 11) is 1.55. The van der Waals surface area contributed by atoms with Gasteiger partial charge in [0.15, 0.2) is 0 Å². The van der Waals surface area contributed by atoms with Crippen molar-refractivity contribution in [2.24, 2.45) is 0 Å². The van der Waals surface area contributed by atoms with Gasteiger partial charge in [-0.15, -0.1) is 0 Å². The number of hydrogen-bond donors (Lipinski definition) is 0. The number of carbonyl (C=O) groups excluding carboxylic acids is 8. The summed E-state index contributed by atoms with van der Waals surface area (Å²) < 4.78 is 48.6. The second-order valence-corrected chi connectivity index (χ2v) is 23.5. The summed E-state index contributed by atoms with van der Waals surface area (Å²) in [6.45, 7) is 34.3. The summed E-state index contributed by atoms with van der Waals surface area (Å²) in [6, 6.07) is 27.1. The Kier molecular flexibility index (Phi) is 27.1. The fourth-order valence-corrected chi connectivity index (χ4v) is 10.6. The number of carbonyl (C=O) groups is 8. The Morgan fingerprint density at radius 2 is 0.789 bits per heavy atom. The number of benzene rings is 4. The maximum absolute atomic E-state index is 12.8. The number of halogens is 2. The third kappa shape index (κ3) is 23.7. The van der Waals surface area contributed by atoms with Crippen molar-refractivity contribution < 1.29 is 74.3 Å². The fourth-order valence-electron chi connectivity index (χ4n) is 4.76. The first-order valence-corrected chi connectivity index (χ1v) is 28.3. The van der Waals surface area contributed by atoms with Gasteiger partial charge in [0, 0.05) is 11.1 Å². The zero-order chi connectivity index (χ0) is 57.3. The zero-order valence-electron chi connectivity index (χ0n) is 43.9. The Morgan fingerprint density at radius 1 is 0.434 bits per heavy atom. The predicted molar refractivity (Wildman–Crippen MR) is 301 cm³/mol.